The minimum atomic E-state index is -0.151. The molecule has 22 heavy (non-hydrogen) atoms. The van der Waals surface area contributed by atoms with Crippen LogP contribution in [-0.4, -0.2) is 38.0 Å². The first kappa shape index (κ1) is 18.0. The third kappa shape index (κ3) is 5.76. The number of anilines is 1. The Balaban J connectivity index is 2.41. The van der Waals surface area contributed by atoms with Gasteiger partial charge in [0.25, 0.3) is 5.91 Å². The quantitative estimate of drug-likeness (QED) is 0.774. The molecule has 0 spiro atoms. The summed E-state index contributed by atoms with van der Waals surface area (Å²) in [5, 5.41) is 5.64. The summed E-state index contributed by atoms with van der Waals surface area (Å²) in [6.07, 6.45) is 1.20. The molecule has 0 saturated carbocycles. The highest BCUT2D eigenvalue weighted by atomic mass is 16.2. The zero-order chi connectivity index (χ0) is 16.5. The predicted molar refractivity (Wildman–Crippen MR) is 90.2 cm³/mol. The number of carbonyl (C=O) groups is 2. The maximum Gasteiger partial charge on any atom is 0.251 e. The van der Waals surface area contributed by atoms with Crippen molar-refractivity contribution in [3.05, 3.63) is 29.8 Å². The Morgan fingerprint density at radius 1 is 1.18 bits per heavy atom. The number of nitrogens with one attached hydrogen (secondary N) is 2. The molecule has 0 aliphatic heterocycles. The van der Waals surface area contributed by atoms with Crippen molar-refractivity contribution in [1.82, 2.24) is 10.6 Å². The van der Waals surface area contributed by atoms with E-state index in [1.807, 2.05) is 33.0 Å². The molecular formula is C17H27N3O2. The highest BCUT2D eigenvalue weighted by Gasteiger charge is 2.08. The van der Waals surface area contributed by atoms with Crippen LogP contribution in [-0.2, 0) is 4.79 Å². The Hall–Kier alpha value is -2.04. The number of rotatable bonds is 8. The van der Waals surface area contributed by atoms with Gasteiger partial charge in [0, 0.05) is 43.9 Å². The fourth-order valence-electron chi connectivity index (χ4n) is 1.89. The van der Waals surface area contributed by atoms with Crippen LogP contribution in [0.4, 0.5) is 5.69 Å². The van der Waals surface area contributed by atoms with Crippen LogP contribution in [0.5, 0.6) is 0 Å². The standard InChI is InChI=1S/C17H27N3O2/c1-5-13(3)19-16(21)11-12-18-17(22)14-7-9-15(10-8-14)20(4)6-2/h7-10,13H,5-6,11-12H2,1-4H3,(H,18,22)(H,19,21)/t13-/m0/s1. The number of hydrogen-bond donors (Lipinski definition) is 2. The monoisotopic (exact) mass is 305 g/mol. The molecule has 122 valence electrons. The van der Waals surface area contributed by atoms with Crippen molar-refractivity contribution in [3.63, 3.8) is 0 Å². The van der Waals surface area contributed by atoms with Crippen LogP contribution >= 0.6 is 0 Å². The average molecular weight is 305 g/mol. The van der Waals surface area contributed by atoms with Gasteiger partial charge in [-0.05, 0) is 44.5 Å². The van der Waals surface area contributed by atoms with Crippen LogP contribution < -0.4 is 15.5 Å². The first-order chi connectivity index (χ1) is 10.5. The van der Waals surface area contributed by atoms with Gasteiger partial charge in [0.1, 0.15) is 0 Å². The summed E-state index contributed by atoms with van der Waals surface area (Å²) < 4.78 is 0. The Morgan fingerprint density at radius 2 is 1.82 bits per heavy atom. The van der Waals surface area contributed by atoms with E-state index in [4.69, 9.17) is 0 Å². The molecule has 0 unspecified atom stereocenters. The van der Waals surface area contributed by atoms with Crippen LogP contribution in [0.25, 0.3) is 0 Å². The first-order valence-corrected chi connectivity index (χ1v) is 7.86. The second kappa shape index (κ2) is 9.07. The number of amides is 2. The summed E-state index contributed by atoms with van der Waals surface area (Å²) in [5.41, 5.74) is 1.68. The van der Waals surface area contributed by atoms with E-state index in [1.54, 1.807) is 12.1 Å². The van der Waals surface area contributed by atoms with Gasteiger partial charge < -0.3 is 15.5 Å². The lowest BCUT2D eigenvalue weighted by Gasteiger charge is -2.16. The van der Waals surface area contributed by atoms with Gasteiger partial charge in [-0.2, -0.15) is 0 Å². The molecule has 1 rings (SSSR count). The summed E-state index contributed by atoms with van der Waals surface area (Å²) >= 11 is 0. The average Bonchev–Trinajstić information content (AvgIpc) is 2.53. The van der Waals surface area contributed by atoms with Gasteiger partial charge in [0.05, 0.1) is 0 Å². The smallest absolute Gasteiger partial charge is 0.251 e. The van der Waals surface area contributed by atoms with Gasteiger partial charge in [-0.15, -0.1) is 0 Å². The number of benzene rings is 1. The lowest BCUT2D eigenvalue weighted by molar-refractivity contribution is -0.121. The molecule has 0 fully saturated rings. The van der Waals surface area contributed by atoms with E-state index in [-0.39, 0.29) is 17.9 Å². The Bertz CT molecular complexity index is 485. The topological polar surface area (TPSA) is 61.4 Å². The molecule has 2 N–H and O–H groups in total. The largest absolute Gasteiger partial charge is 0.375 e. The Morgan fingerprint density at radius 3 is 2.36 bits per heavy atom. The summed E-state index contributed by atoms with van der Waals surface area (Å²) in [4.78, 5) is 25.7. The Labute approximate surface area is 133 Å². The minimum absolute atomic E-state index is 0.0328. The SMILES string of the molecule is CC[C@H](C)NC(=O)CCNC(=O)c1ccc(N(C)CC)cc1. The summed E-state index contributed by atoms with van der Waals surface area (Å²) in [6.45, 7) is 7.32. The third-order valence-corrected chi connectivity index (χ3v) is 3.70. The van der Waals surface area contributed by atoms with Crippen LogP contribution in [0.15, 0.2) is 24.3 Å². The van der Waals surface area contributed by atoms with Gasteiger partial charge >= 0.3 is 0 Å². The minimum Gasteiger partial charge on any atom is -0.375 e. The van der Waals surface area contributed by atoms with E-state index in [2.05, 4.69) is 22.5 Å². The van der Waals surface area contributed by atoms with E-state index in [0.29, 0.717) is 18.5 Å². The highest BCUT2D eigenvalue weighted by molar-refractivity contribution is 5.94. The second-order valence-electron chi connectivity index (χ2n) is 5.44. The lowest BCUT2D eigenvalue weighted by Crippen LogP contribution is -2.35. The predicted octanol–water partition coefficient (Wildman–Crippen LogP) is 2.18. The molecule has 0 aromatic heterocycles. The van der Waals surface area contributed by atoms with Gasteiger partial charge in [0.2, 0.25) is 5.91 Å². The maximum absolute atomic E-state index is 12.0. The lowest BCUT2D eigenvalue weighted by atomic mass is 10.2. The van der Waals surface area contributed by atoms with Crippen molar-refractivity contribution in [2.75, 3.05) is 25.0 Å². The normalized spacial score (nSPS) is 11.6. The van der Waals surface area contributed by atoms with Gasteiger partial charge in [-0.1, -0.05) is 6.92 Å². The second-order valence-corrected chi connectivity index (χ2v) is 5.44. The molecule has 1 aromatic rings. The van der Waals surface area contributed by atoms with E-state index in [9.17, 15) is 9.59 Å². The van der Waals surface area contributed by atoms with Crippen molar-refractivity contribution in [3.8, 4) is 0 Å². The maximum atomic E-state index is 12.0. The molecule has 1 atom stereocenters. The van der Waals surface area contributed by atoms with Crippen molar-refractivity contribution in [1.29, 1.82) is 0 Å². The summed E-state index contributed by atoms with van der Waals surface area (Å²) in [7, 11) is 2.00. The summed E-state index contributed by atoms with van der Waals surface area (Å²) in [5.74, 6) is -0.184. The molecule has 1 aromatic carbocycles. The van der Waals surface area contributed by atoms with Gasteiger partial charge in [-0.25, -0.2) is 0 Å². The molecule has 0 bridgehead atoms. The zero-order valence-corrected chi connectivity index (χ0v) is 14.0. The van der Waals surface area contributed by atoms with E-state index < -0.39 is 0 Å². The fourth-order valence-corrected chi connectivity index (χ4v) is 1.89. The van der Waals surface area contributed by atoms with Crippen molar-refractivity contribution >= 4 is 17.5 Å². The molecule has 0 heterocycles. The number of hydrogen-bond acceptors (Lipinski definition) is 3. The van der Waals surface area contributed by atoms with Crippen molar-refractivity contribution in [2.24, 2.45) is 0 Å². The molecule has 2 amide bonds. The van der Waals surface area contributed by atoms with Crippen LogP contribution in [0, 0.1) is 0 Å². The number of nitrogens with zero attached hydrogens (tertiary/aromatic N) is 1. The molecule has 0 saturated heterocycles. The van der Waals surface area contributed by atoms with E-state index >= 15 is 0 Å². The van der Waals surface area contributed by atoms with E-state index in [0.717, 1.165) is 18.7 Å². The van der Waals surface area contributed by atoms with E-state index in [1.165, 1.54) is 0 Å². The van der Waals surface area contributed by atoms with Gasteiger partial charge in [0.15, 0.2) is 0 Å². The van der Waals surface area contributed by atoms with Crippen LogP contribution in [0.3, 0.4) is 0 Å². The highest BCUT2D eigenvalue weighted by Crippen LogP contribution is 2.13. The Kier molecular flexibility index (Phi) is 7.43. The molecule has 0 radical (unpaired) electrons. The zero-order valence-electron chi connectivity index (χ0n) is 14.0. The third-order valence-electron chi connectivity index (χ3n) is 3.70. The van der Waals surface area contributed by atoms with Crippen molar-refractivity contribution in [2.45, 2.75) is 39.7 Å². The van der Waals surface area contributed by atoms with Crippen molar-refractivity contribution < 1.29 is 9.59 Å². The fraction of sp³-hybridized carbons (Fsp3) is 0.529. The van der Waals surface area contributed by atoms with Gasteiger partial charge in [-0.3, -0.25) is 9.59 Å². The molecule has 0 aliphatic rings. The summed E-state index contributed by atoms with van der Waals surface area (Å²) in [6, 6.07) is 7.63. The molecular weight excluding hydrogens is 278 g/mol. The first-order valence-electron chi connectivity index (χ1n) is 7.86. The van der Waals surface area contributed by atoms with Crippen LogP contribution in [0.1, 0.15) is 44.0 Å². The number of carbonyl (C=O) groups excluding carboxylic acids is 2. The molecule has 5 heteroatoms. The molecule has 0 aliphatic carbocycles. The van der Waals surface area contributed by atoms with Crippen LogP contribution in [0.2, 0.25) is 0 Å². The molecule has 5 nitrogen and oxygen atoms in total.